The van der Waals surface area contributed by atoms with Gasteiger partial charge in [-0.05, 0) is 0 Å². The molecule has 0 aromatic heterocycles. The van der Waals surface area contributed by atoms with Crippen molar-refractivity contribution in [1.82, 2.24) is 0 Å². The number of aliphatic imine (C=N–C) groups is 1. The van der Waals surface area contributed by atoms with Crippen LogP contribution in [0.1, 0.15) is 13.3 Å². The zero-order valence-corrected chi connectivity index (χ0v) is 4.22. The molecular weight excluding hydrogens is 90.1 g/mol. The van der Waals surface area contributed by atoms with Crippen LogP contribution in [0.25, 0.3) is 0 Å². The standard InChI is InChI=1S/C5H7NO/c1-3-6-4-2-5(4)7-3/h4-5H,2H2,1H3. The average molecular weight is 97.1 g/mol. The molecule has 1 aliphatic carbocycles. The molecule has 1 aliphatic heterocycles. The van der Waals surface area contributed by atoms with Gasteiger partial charge in [-0.25, -0.2) is 4.99 Å². The number of nitrogens with zero attached hydrogens (tertiary/aromatic N) is 1. The van der Waals surface area contributed by atoms with Gasteiger partial charge >= 0.3 is 0 Å². The summed E-state index contributed by atoms with van der Waals surface area (Å²) < 4.78 is 5.19. The van der Waals surface area contributed by atoms with E-state index in [9.17, 15) is 0 Å². The maximum atomic E-state index is 5.19. The van der Waals surface area contributed by atoms with E-state index in [-0.39, 0.29) is 0 Å². The zero-order valence-electron chi connectivity index (χ0n) is 4.22. The highest BCUT2D eigenvalue weighted by Gasteiger charge is 2.44. The van der Waals surface area contributed by atoms with Crippen molar-refractivity contribution >= 4 is 5.90 Å². The normalized spacial score (nSPS) is 44.4. The van der Waals surface area contributed by atoms with Crippen molar-refractivity contribution in [3.63, 3.8) is 0 Å². The van der Waals surface area contributed by atoms with Crippen LogP contribution in [0.2, 0.25) is 0 Å². The molecule has 0 N–H and O–H groups in total. The number of hydrogen-bond donors (Lipinski definition) is 0. The van der Waals surface area contributed by atoms with Crippen LogP contribution in [-0.2, 0) is 4.74 Å². The highest BCUT2D eigenvalue weighted by molar-refractivity contribution is 5.76. The van der Waals surface area contributed by atoms with Gasteiger partial charge in [0.05, 0.1) is 6.04 Å². The summed E-state index contributed by atoms with van der Waals surface area (Å²) in [5.41, 5.74) is 0. The van der Waals surface area contributed by atoms with E-state index in [2.05, 4.69) is 4.99 Å². The molecule has 1 saturated carbocycles. The van der Waals surface area contributed by atoms with Crippen molar-refractivity contribution < 1.29 is 4.74 Å². The van der Waals surface area contributed by atoms with Crippen molar-refractivity contribution in [2.24, 2.45) is 4.99 Å². The van der Waals surface area contributed by atoms with Crippen LogP contribution >= 0.6 is 0 Å². The van der Waals surface area contributed by atoms with Crippen LogP contribution in [-0.4, -0.2) is 18.0 Å². The van der Waals surface area contributed by atoms with Gasteiger partial charge in [0.1, 0.15) is 6.10 Å². The lowest BCUT2D eigenvalue weighted by Gasteiger charge is -1.91. The van der Waals surface area contributed by atoms with E-state index in [1.54, 1.807) is 0 Å². The first-order chi connectivity index (χ1) is 3.36. The Bertz CT molecular complexity index is 130. The monoisotopic (exact) mass is 97.1 g/mol. The molecule has 2 atom stereocenters. The van der Waals surface area contributed by atoms with Crippen LogP contribution in [0.3, 0.4) is 0 Å². The van der Waals surface area contributed by atoms with Crippen LogP contribution in [0.15, 0.2) is 4.99 Å². The van der Waals surface area contributed by atoms with Crippen LogP contribution in [0.4, 0.5) is 0 Å². The topological polar surface area (TPSA) is 21.6 Å². The Morgan fingerprint density at radius 1 is 1.86 bits per heavy atom. The molecule has 1 heterocycles. The molecule has 2 heteroatoms. The van der Waals surface area contributed by atoms with E-state index in [1.165, 1.54) is 0 Å². The second-order valence-electron chi connectivity index (χ2n) is 2.11. The lowest BCUT2D eigenvalue weighted by Crippen LogP contribution is -1.94. The van der Waals surface area contributed by atoms with Gasteiger partial charge in [-0.2, -0.15) is 0 Å². The number of hydrogen-bond acceptors (Lipinski definition) is 2. The fourth-order valence-corrected chi connectivity index (χ4v) is 0.905. The van der Waals surface area contributed by atoms with Crippen molar-refractivity contribution in [3.8, 4) is 0 Å². The molecule has 0 aromatic rings. The zero-order chi connectivity index (χ0) is 4.85. The van der Waals surface area contributed by atoms with Crippen molar-refractivity contribution in [2.45, 2.75) is 25.5 Å². The first-order valence-corrected chi connectivity index (χ1v) is 2.57. The predicted octanol–water partition coefficient (Wildman–Crippen LogP) is 0.576. The molecule has 0 spiro atoms. The minimum atomic E-state index is 0.486. The molecular formula is C5H7NO. The van der Waals surface area contributed by atoms with Crippen LogP contribution < -0.4 is 0 Å². The molecule has 0 aromatic carbocycles. The molecule has 0 radical (unpaired) electrons. The third-order valence-corrected chi connectivity index (χ3v) is 1.37. The average Bonchev–Trinajstić information content (AvgIpc) is 2.15. The Balaban J connectivity index is 2.22. The Kier molecular flexibility index (Phi) is 0.412. The molecule has 1 fully saturated rings. The van der Waals surface area contributed by atoms with Gasteiger partial charge in [-0.1, -0.05) is 0 Å². The summed E-state index contributed by atoms with van der Waals surface area (Å²) >= 11 is 0. The van der Waals surface area contributed by atoms with Crippen molar-refractivity contribution in [2.75, 3.05) is 0 Å². The van der Waals surface area contributed by atoms with Gasteiger partial charge in [-0.3, -0.25) is 0 Å². The third-order valence-electron chi connectivity index (χ3n) is 1.37. The molecule has 2 nitrogen and oxygen atoms in total. The molecule has 0 amide bonds. The van der Waals surface area contributed by atoms with Gasteiger partial charge < -0.3 is 4.74 Å². The highest BCUT2D eigenvalue weighted by atomic mass is 16.5. The summed E-state index contributed by atoms with van der Waals surface area (Å²) in [6.45, 7) is 1.91. The summed E-state index contributed by atoms with van der Waals surface area (Å²) in [6, 6.07) is 0.556. The smallest absolute Gasteiger partial charge is 0.180 e. The predicted molar refractivity (Wildman–Crippen MR) is 26.4 cm³/mol. The second-order valence-corrected chi connectivity index (χ2v) is 2.11. The lowest BCUT2D eigenvalue weighted by molar-refractivity contribution is 0.302. The van der Waals surface area contributed by atoms with Crippen molar-refractivity contribution in [1.29, 1.82) is 0 Å². The molecule has 38 valence electrons. The van der Waals surface area contributed by atoms with E-state index in [4.69, 9.17) is 4.74 Å². The van der Waals surface area contributed by atoms with Gasteiger partial charge in [0, 0.05) is 13.3 Å². The molecule has 2 aliphatic rings. The van der Waals surface area contributed by atoms with Gasteiger partial charge in [0.25, 0.3) is 0 Å². The van der Waals surface area contributed by atoms with Gasteiger partial charge in [0.2, 0.25) is 0 Å². The van der Waals surface area contributed by atoms with Crippen LogP contribution in [0.5, 0.6) is 0 Å². The number of ether oxygens (including phenoxy) is 1. The molecule has 0 bridgehead atoms. The molecule has 7 heavy (non-hydrogen) atoms. The fourth-order valence-electron chi connectivity index (χ4n) is 0.905. The summed E-state index contributed by atoms with van der Waals surface area (Å²) in [5, 5.41) is 0. The van der Waals surface area contributed by atoms with E-state index in [0.717, 1.165) is 12.3 Å². The molecule has 2 rings (SSSR count). The van der Waals surface area contributed by atoms with E-state index in [0.29, 0.717) is 12.1 Å². The first kappa shape index (κ1) is 3.47. The first-order valence-electron chi connectivity index (χ1n) is 2.57. The summed E-state index contributed by atoms with van der Waals surface area (Å²) in [6.07, 6.45) is 1.65. The van der Waals surface area contributed by atoms with E-state index in [1.807, 2.05) is 6.92 Å². The summed E-state index contributed by atoms with van der Waals surface area (Å²) in [5.74, 6) is 0.876. The Hall–Kier alpha value is -0.530. The largest absolute Gasteiger partial charge is 0.476 e. The maximum Gasteiger partial charge on any atom is 0.180 e. The van der Waals surface area contributed by atoms with Crippen molar-refractivity contribution in [3.05, 3.63) is 0 Å². The van der Waals surface area contributed by atoms with Crippen LogP contribution in [0, 0.1) is 0 Å². The molecule has 0 saturated heterocycles. The number of fused-ring (bicyclic) bond motifs is 1. The Morgan fingerprint density at radius 3 is 3.00 bits per heavy atom. The maximum absolute atomic E-state index is 5.19. The van der Waals surface area contributed by atoms with Gasteiger partial charge in [0.15, 0.2) is 5.90 Å². The second kappa shape index (κ2) is 0.831. The quantitative estimate of drug-likeness (QED) is 0.433. The SMILES string of the molecule is CC1=NC2CC2O1. The van der Waals surface area contributed by atoms with Gasteiger partial charge in [-0.15, -0.1) is 0 Å². The third kappa shape index (κ3) is 0.363. The fraction of sp³-hybridized carbons (Fsp3) is 0.800. The van der Waals surface area contributed by atoms with E-state index < -0.39 is 0 Å². The summed E-state index contributed by atoms with van der Waals surface area (Å²) in [7, 11) is 0. The minimum absolute atomic E-state index is 0.486. The minimum Gasteiger partial charge on any atom is -0.476 e. The summed E-state index contributed by atoms with van der Waals surface area (Å²) in [4.78, 5) is 4.16. The Morgan fingerprint density at radius 2 is 2.71 bits per heavy atom. The van der Waals surface area contributed by atoms with E-state index >= 15 is 0 Å². The Labute approximate surface area is 42.2 Å². The lowest BCUT2D eigenvalue weighted by atomic mass is 10.7. The highest BCUT2D eigenvalue weighted by Crippen LogP contribution is 2.34. The number of rotatable bonds is 0. The molecule has 2 unspecified atom stereocenters.